The normalized spacial score (nSPS) is 16.1. The number of benzene rings is 3. The Labute approximate surface area is 209 Å². The van der Waals surface area contributed by atoms with Gasteiger partial charge in [-0.3, -0.25) is 4.79 Å². The summed E-state index contributed by atoms with van der Waals surface area (Å²) < 4.78 is 68.7. The molecular weight excluding hydrogens is 506 g/mol. The number of nitrogens with one attached hydrogen (secondary N) is 1. The second-order valence-electron chi connectivity index (χ2n) is 8.04. The van der Waals surface area contributed by atoms with E-state index in [-0.39, 0.29) is 27.5 Å². The van der Waals surface area contributed by atoms with Crippen LogP contribution in [0.5, 0.6) is 17.2 Å². The van der Waals surface area contributed by atoms with E-state index < -0.39 is 36.6 Å². The Morgan fingerprint density at radius 1 is 0.944 bits per heavy atom. The van der Waals surface area contributed by atoms with Gasteiger partial charge >= 0.3 is 0 Å². The van der Waals surface area contributed by atoms with Gasteiger partial charge in [0.05, 0.1) is 49.0 Å². The number of methoxy groups -OCH3 is 3. The van der Waals surface area contributed by atoms with Crippen LogP contribution in [0.1, 0.15) is 26.7 Å². The molecule has 1 aliphatic rings. The summed E-state index contributed by atoms with van der Waals surface area (Å²) in [5, 5.41) is 1.33. The molecule has 9 nitrogen and oxygen atoms in total. The molecule has 36 heavy (non-hydrogen) atoms. The minimum absolute atomic E-state index is 0.0130. The van der Waals surface area contributed by atoms with E-state index in [1.54, 1.807) is 30.3 Å². The van der Waals surface area contributed by atoms with E-state index in [1.807, 2.05) is 0 Å². The van der Waals surface area contributed by atoms with E-state index in [9.17, 15) is 21.6 Å². The average Bonchev–Trinajstić information content (AvgIpc) is 3.18. The fourth-order valence-electron chi connectivity index (χ4n) is 4.25. The first-order chi connectivity index (χ1) is 17.1. The molecule has 1 aliphatic heterocycles. The maximum atomic E-state index is 13.4. The lowest BCUT2D eigenvalue weighted by atomic mass is 10.0. The molecule has 4 rings (SSSR count). The first-order valence-electron chi connectivity index (χ1n) is 10.9. The predicted molar refractivity (Wildman–Crippen MR) is 132 cm³/mol. The zero-order chi connectivity index (χ0) is 26.1. The van der Waals surface area contributed by atoms with Gasteiger partial charge in [0.25, 0.3) is 5.91 Å². The number of carbonyl (C=O) groups excluding carboxylic acids is 1. The zero-order valence-electron chi connectivity index (χ0n) is 19.8. The minimum Gasteiger partial charge on any atom is -0.496 e. The van der Waals surface area contributed by atoms with Crippen molar-refractivity contribution in [1.29, 1.82) is 0 Å². The largest absolute Gasteiger partial charge is 0.496 e. The molecule has 1 atom stereocenters. The maximum absolute atomic E-state index is 13.4. The van der Waals surface area contributed by atoms with E-state index >= 15 is 0 Å². The van der Waals surface area contributed by atoms with Crippen molar-refractivity contribution in [1.82, 2.24) is 5.32 Å². The highest BCUT2D eigenvalue weighted by atomic mass is 32.2. The molecule has 1 N–H and O–H groups in total. The Morgan fingerprint density at radius 2 is 1.58 bits per heavy atom. The van der Waals surface area contributed by atoms with Crippen LogP contribution in [0.25, 0.3) is 0 Å². The Balaban J connectivity index is 1.73. The molecule has 0 aromatic heterocycles. The molecule has 3 aromatic rings. The number of amides is 1. The number of hydrogen-bond donors (Lipinski definition) is 1. The fraction of sp³-hybridized carbons (Fsp3) is 0.240. The van der Waals surface area contributed by atoms with Crippen LogP contribution in [-0.2, 0) is 26.2 Å². The lowest BCUT2D eigenvalue weighted by Crippen LogP contribution is -2.26. The van der Waals surface area contributed by atoms with Gasteiger partial charge in [0, 0.05) is 23.3 Å². The standard InChI is InChI=1S/C25H25NO8S2/c1-32-16-12-20(33-2)19(21(13-16)34-3)14-26-25(27)18-10-7-11-22-24(18)23(15-35(22,28)29)36(30,31)17-8-5-4-6-9-17/h4-13,23H,14-15H2,1-3H3,(H,26,27). The molecule has 1 amide bonds. The second kappa shape index (κ2) is 9.82. The Hall–Kier alpha value is -3.57. The van der Waals surface area contributed by atoms with Crippen LogP contribution in [0.4, 0.5) is 0 Å². The van der Waals surface area contributed by atoms with Crippen LogP contribution in [0.15, 0.2) is 70.5 Å². The molecular formula is C25H25NO8S2. The highest BCUT2D eigenvalue weighted by Crippen LogP contribution is 2.43. The molecule has 1 unspecified atom stereocenters. The van der Waals surface area contributed by atoms with Crippen molar-refractivity contribution in [2.24, 2.45) is 0 Å². The number of rotatable bonds is 8. The van der Waals surface area contributed by atoms with Crippen LogP contribution in [0.2, 0.25) is 0 Å². The van der Waals surface area contributed by atoms with Crippen LogP contribution >= 0.6 is 0 Å². The molecule has 0 bridgehead atoms. The highest BCUT2D eigenvalue weighted by Gasteiger charge is 2.45. The number of hydrogen-bond acceptors (Lipinski definition) is 8. The topological polar surface area (TPSA) is 125 Å². The van der Waals surface area contributed by atoms with Gasteiger partial charge in [0.2, 0.25) is 0 Å². The van der Waals surface area contributed by atoms with Gasteiger partial charge in [-0.1, -0.05) is 24.3 Å². The summed E-state index contributed by atoms with van der Waals surface area (Å²) in [7, 11) is -3.57. The second-order valence-corrected chi connectivity index (χ2v) is 12.2. The van der Waals surface area contributed by atoms with Crippen molar-refractivity contribution in [2.75, 3.05) is 27.1 Å². The summed E-state index contributed by atoms with van der Waals surface area (Å²) in [5.41, 5.74) is 0.486. The van der Waals surface area contributed by atoms with Gasteiger partial charge < -0.3 is 19.5 Å². The summed E-state index contributed by atoms with van der Waals surface area (Å²) in [6.07, 6.45) is 0. The van der Waals surface area contributed by atoms with Gasteiger partial charge in [0.15, 0.2) is 19.7 Å². The lowest BCUT2D eigenvalue weighted by molar-refractivity contribution is 0.0949. The highest BCUT2D eigenvalue weighted by molar-refractivity contribution is 7.96. The molecule has 0 fully saturated rings. The summed E-state index contributed by atoms with van der Waals surface area (Å²) in [6, 6.07) is 15.1. The molecule has 0 radical (unpaired) electrons. The van der Waals surface area contributed by atoms with Gasteiger partial charge in [-0.05, 0) is 24.3 Å². The fourth-order valence-corrected chi connectivity index (χ4v) is 8.63. The number of sulfone groups is 2. The molecule has 3 aromatic carbocycles. The van der Waals surface area contributed by atoms with Crippen LogP contribution in [0, 0.1) is 0 Å². The van der Waals surface area contributed by atoms with E-state index in [4.69, 9.17) is 14.2 Å². The van der Waals surface area contributed by atoms with Crippen molar-refractivity contribution in [3.63, 3.8) is 0 Å². The van der Waals surface area contributed by atoms with Gasteiger partial charge in [-0.15, -0.1) is 0 Å². The summed E-state index contributed by atoms with van der Waals surface area (Å²) in [4.78, 5) is 13.1. The van der Waals surface area contributed by atoms with Crippen molar-refractivity contribution < 1.29 is 35.8 Å². The third-order valence-corrected chi connectivity index (χ3v) is 10.1. The van der Waals surface area contributed by atoms with Crippen molar-refractivity contribution >= 4 is 25.6 Å². The monoisotopic (exact) mass is 531 g/mol. The zero-order valence-corrected chi connectivity index (χ0v) is 21.5. The van der Waals surface area contributed by atoms with Gasteiger partial charge in [-0.25, -0.2) is 16.8 Å². The molecule has 0 saturated carbocycles. The van der Waals surface area contributed by atoms with Crippen molar-refractivity contribution in [3.8, 4) is 17.2 Å². The summed E-state index contributed by atoms with van der Waals surface area (Å²) >= 11 is 0. The average molecular weight is 532 g/mol. The first kappa shape index (κ1) is 25.5. The van der Waals surface area contributed by atoms with Gasteiger partial charge in [0.1, 0.15) is 22.5 Å². The lowest BCUT2D eigenvalue weighted by Gasteiger charge is -2.17. The smallest absolute Gasteiger partial charge is 0.251 e. The molecule has 0 aliphatic carbocycles. The molecule has 1 heterocycles. The third-order valence-electron chi connectivity index (χ3n) is 6.03. The number of carbonyl (C=O) groups is 1. The van der Waals surface area contributed by atoms with E-state index in [0.29, 0.717) is 22.8 Å². The van der Waals surface area contributed by atoms with Crippen molar-refractivity contribution in [3.05, 3.63) is 77.4 Å². The maximum Gasteiger partial charge on any atom is 0.251 e. The number of fused-ring (bicyclic) bond motifs is 1. The Kier molecular flexibility index (Phi) is 6.96. The van der Waals surface area contributed by atoms with Crippen molar-refractivity contribution in [2.45, 2.75) is 21.6 Å². The summed E-state index contributed by atoms with van der Waals surface area (Å²) in [6.45, 7) is -0.0261. The quantitative estimate of drug-likeness (QED) is 0.470. The Morgan fingerprint density at radius 3 is 2.17 bits per heavy atom. The van der Waals surface area contributed by atoms with E-state index in [1.165, 1.54) is 51.7 Å². The van der Waals surface area contributed by atoms with E-state index in [2.05, 4.69) is 5.32 Å². The predicted octanol–water partition coefficient (Wildman–Crippen LogP) is 2.94. The first-order valence-corrected chi connectivity index (χ1v) is 14.1. The van der Waals surface area contributed by atoms with E-state index in [0.717, 1.165) is 0 Å². The molecule has 0 spiro atoms. The Bertz CT molecular complexity index is 1490. The summed E-state index contributed by atoms with van der Waals surface area (Å²) in [5.74, 6) is 0.0639. The SMILES string of the molecule is COc1cc(OC)c(CNC(=O)c2cccc3c2C(S(=O)(=O)c2ccccc2)CS3(=O)=O)c(OC)c1. The van der Waals surface area contributed by atoms with Crippen LogP contribution < -0.4 is 19.5 Å². The molecule has 11 heteroatoms. The minimum atomic E-state index is -4.09. The molecule has 190 valence electrons. The molecule has 0 saturated heterocycles. The van der Waals surface area contributed by atoms with Gasteiger partial charge in [-0.2, -0.15) is 0 Å². The third kappa shape index (κ3) is 4.51. The van der Waals surface area contributed by atoms with Crippen LogP contribution in [0.3, 0.4) is 0 Å². The number of ether oxygens (including phenoxy) is 3. The van der Waals surface area contributed by atoms with Crippen LogP contribution in [-0.4, -0.2) is 49.8 Å².